The van der Waals surface area contributed by atoms with Crippen molar-refractivity contribution in [2.24, 2.45) is 0 Å². The summed E-state index contributed by atoms with van der Waals surface area (Å²) >= 11 is 0. The predicted molar refractivity (Wildman–Crippen MR) is 156 cm³/mol. The van der Waals surface area contributed by atoms with E-state index in [1.54, 1.807) is 11.0 Å². The number of ether oxygens (including phenoxy) is 1. The van der Waals surface area contributed by atoms with Gasteiger partial charge in [-0.1, -0.05) is 5.21 Å². The summed E-state index contributed by atoms with van der Waals surface area (Å²) in [6.45, 7) is 9.32. The maximum Gasteiger partial charge on any atom is 0.410 e. The molecule has 236 valence electrons. The maximum absolute atomic E-state index is 14.7. The number of benzene rings is 1. The summed E-state index contributed by atoms with van der Waals surface area (Å²) in [6.07, 6.45) is 5.35. The zero-order valence-corrected chi connectivity index (χ0v) is 25.6. The number of aromatic nitrogens is 3. The normalized spacial score (nSPS) is 22.4. The van der Waals surface area contributed by atoms with Crippen LogP contribution in [0.4, 0.5) is 9.18 Å². The zero-order chi connectivity index (χ0) is 31.2. The third-order valence-corrected chi connectivity index (χ3v) is 9.12. The van der Waals surface area contributed by atoms with Gasteiger partial charge in [0.05, 0.1) is 17.9 Å². The molecule has 4 aliphatic rings. The minimum atomic E-state index is -0.726. The van der Waals surface area contributed by atoms with E-state index in [1.165, 1.54) is 11.0 Å². The van der Waals surface area contributed by atoms with Crippen LogP contribution in [-0.2, 0) is 27.4 Å². The van der Waals surface area contributed by atoms with Crippen LogP contribution in [0.25, 0.3) is 0 Å². The molecule has 0 radical (unpaired) electrons. The molecule has 0 saturated carbocycles. The molecule has 13 heteroatoms. The number of nitrogens with one attached hydrogen (secondary N) is 1. The second kappa shape index (κ2) is 11.9. The first-order valence-electron chi connectivity index (χ1n) is 15.5. The maximum atomic E-state index is 14.7. The summed E-state index contributed by atoms with van der Waals surface area (Å²) in [5, 5.41) is 11.1. The van der Waals surface area contributed by atoms with Crippen molar-refractivity contribution in [1.82, 2.24) is 35.0 Å². The van der Waals surface area contributed by atoms with Crippen molar-refractivity contribution >= 4 is 23.8 Å². The van der Waals surface area contributed by atoms with Gasteiger partial charge >= 0.3 is 6.09 Å². The number of fused-ring (bicyclic) bond motifs is 1. The highest BCUT2D eigenvalue weighted by molar-refractivity contribution is 6.05. The molecule has 44 heavy (non-hydrogen) atoms. The van der Waals surface area contributed by atoms with Crippen molar-refractivity contribution in [3.05, 3.63) is 46.5 Å². The van der Waals surface area contributed by atoms with Gasteiger partial charge < -0.3 is 14.5 Å². The van der Waals surface area contributed by atoms with Crippen LogP contribution in [0.1, 0.15) is 98.4 Å². The molecule has 4 aliphatic heterocycles. The summed E-state index contributed by atoms with van der Waals surface area (Å²) < 4.78 is 22.2. The van der Waals surface area contributed by atoms with Gasteiger partial charge in [0.2, 0.25) is 11.8 Å². The van der Waals surface area contributed by atoms with Crippen molar-refractivity contribution in [2.45, 2.75) is 96.0 Å². The Morgan fingerprint density at radius 2 is 1.77 bits per heavy atom. The number of halogens is 1. The number of likely N-dealkylation sites (tertiary alicyclic amines) is 2. The van der Waals surface area contributed by atoms with Crippen molar-refractivity contribution in [3.63, 3.8) is 0 Å². The lowest BCUT2D eigenvalue weighted by molar-refractivity contribution is -0.136. The molecule has 5 heterocycles. The van der Waals surface area contributed by atoms with Gasteiger partial charge in [-0.05, 0) is 95.1 Å². The van der Waals surface area contributed by atoms with E-state index in [9.17, 15) is 23.6 Å². The standard InChI is InChI=1S/C31H40FN7O5/c1-31(2,3)44-30(43)37-12-8-22(9-13-37)39-17-21(34-35-39)16-36-10-6-19(7-11-36)23-14-20(32)15-24-25(23)18-38(29(24)42)26-4-5-27(40)33-28(26)41/h14-15,17,19,22,26H,4-13,16,18H2,1-3H3,(H,33,40,41). The van der Waals surface area contributed by atoms with E-state index < -0.39 is 23.4 Å². The molecule has 2 aromatic rings. The highest BCUT2D eigenvalue weighted by Gasteiger charge is 2.41. The Bertz CT molecular complexity index is 1450. The molecule has 3 saturated heterocycles. The summed E-state index contributed by atoms with van der Waals surface area (Å²) in [6, 6.07) is 2.27. The molecule has 12 nitrogen and oxygen atoms in total. The van der Waals surface area contributed by atoms with E-state index in [2.05, 4.69) is 20.5 Å². The third kappa shape index (κ3) is 6.33. The quantitative estimate of drug-likeness (QED) is 0.512. The van der Waals surface area contributed by atoms with Gasteiger partial charge in [-0.25, -0.2) is 13.9 Å². The van der Waals surface area contributed by atoms with Crippen LogP contribution < -0.4 is 5.32 Å². The number of rotatable bonds is 5. The molecule has 1 N–H and O–H groups in total. The third-order valence-electron chi connectivity index (χ3n) is 9.12. The molecule has 4 amide bonds. The topological polar surface area (TPSA) is 130 Å². The zero-order valence-electron chi connectivity index (χ0n) is 25.6. The fourth-order valence-corrected chi connectivity index (χ4v) is 6.85. The molecule has 0 spiro atoms. The monoisotopic (exact) mass is 609 g/mol. The second-order valence-electron chi connectivity index (χ2n) is 13.4. The average molecular weight is 610 g/mol. The van der Waals surface area contributed by atoms with Crippen LogP contribution >= 0.6 is 0 Å². The van der Waals surface area contributed by atoms with Gasteiger partial charge in [0.25, 0.3) is 5.91 Å². The Hall–Kier alpha value is -3.87. The number of carbonyl (C=O) groups excluding carboxylic acids is 4. The van der Waals surface area contributed by atoms with Crippen LogP contribution in [0.2, 0.25) is 0 Å². The van der Waals surface area contributed by atoms with Gasteiger partial charge in [-0.3, -0.25) is 24.6 Å². The number of amides is 4. The number of hydrogen-bond donors (Lipinski definition) is 1. The molecule has 0 aliphatic carbocycles. The van der Waals surface area contributed by atoms with Crippen LogP contribution in [-0.4, -0.2) is 91.3 Å². The minimum absolute atomic E-state index is 0.0936. The lowest BCUT2D eigenvalue weighted by Gasteiger charge is -2.33. The Morgan fingerprint density at radius 3 is 2.45 bits per heavy atom. The fourth-order valence-electron chi connectivity index (χ4n) is 6.85. The Kier molecular flexibility index (Phi) is 8.16. The average Bonchev–Trinajstić information content (AvgIpc) is 3.57. The van der Waals surface area contributed by atoms with Crippen LogP contribution in [0, 0.1) is 5.82 Å². The summed E-state index contributed by atoms with van der Waals surface area (Å²) in [5.41, 5.74) is 2.32. The van der Waals surface area contributed by atoms with Crippen LogP contribution in [0.5, 0.6) is 0 Å². The van der Waals surface area contributed by atoms with E-state index in [0.29, 0.717) is 25.2 Å². The molecular formula is C31H40FN7O5. The SMILES string of the molecule is CC(C)(C)OC(=O)N1CCC(n2cc(CN3CCC(c4cc(F)cc5c4CN(C4CCC(=O)NC4=O)C5=O)CC3)nn2)CC1. The van der Waals surface area contributed by atoms with Crippen LogP contribution in [0.15, 0.2) is 18.3 Å². The van der Waals surface area contributed by atoms with E-state index in [-0.39, 0.29) is 49.3 Å². The number of imide groups is 1. The second-order valence-corrected chi connectivity index (χ2v) is 13.4. The van der Waals surface area contributed by atoms with Gasteiger partial charge in [-0.2, -0.15) is 0 Å². The first kappa shape index (κ1) is 30.2. The van der Waals surface area contributed by atoms with Crippen molar-refractivity contribution in [1.29, 1.82) is 0 Å². The Balaban J connectivity index is 1.03. The number of hydrogen-bond acceptors (Lipinski definition) is 8. The van der Waals surface area contributed by atoms with E-state index in [0.717, 1.165) is 55.6 Å². The molecule has 6 rings (SSSR count). The Morgan fingerprint density at radius 1 is 1.05 bits per heavy atom. The molecule has 1 atom stereocenters. The highest BCUT2D eigenvalue weighted by atomic mass is 19.1. The first-order chi connectivity index (χ1) is 20.9. The summed E-state index contributed by atoms with van der Waals surface area (Å²) in [4.78, 5) is 55.2. The van der Waals surface area contributed by atoms with Crippen molar-refractivity contribution in [2.75, 3.05) is 26.2 Å². The Labute approximate surface area is 255 Å². The molecule has 1 aromatic carbocycles. The van der Waals surface area contributed by atoms with Gasteiger partial charge in [-0.15, -0.1) is 5.10 Å². The highest BCUT2D eigenvalue weighted by Crippen LogP contribution is 2.38. The molecule has 3 fully saturated rings. The summed E-state index contributed by atoms with van der Waals surface area (Å²) in [7, 11) is 0. The predicted octanol–water partition coefficient (Wildman–Crippen LogP) is 3.13. The smallest absolute Gasteiger partial charge is 0.410 e. The number of nitrogens with zero attached hydrogens (tertiary/aromatic N) is 6. The van der Waals surface area contributed by atoms with E-state index >= 15 is 0 Å². The molecular weight excluding hydrogens is 569 g/mol. The summed E-state index contributed by atoms with van der Waals surface area (Å²) in [5.74, 6) is -1.52. The first-order valence-corrected chi connectivity index (χ1v) is 15.5. The lowest BCUT2D eigenvalue weighted by atomic mass is 9.85. The fraction of sp³-hybridized carbons (Fsp3) is 0.613. The van der Waals surface area contributed by atoms with E-state index in [1.807, 2.05) is 31.6 Å². The number of piperidine rings is 3. The lowest BCUT2D eigenvalue weighted by Crippen LogP contribution is -2.52. The molecule has 1 unspecified atom stereocenters. The van der Waals surface area contributed by atoms with Crippen LogP contribution in [0.3, 0.4) is 0 Å². The molecule has 1 aromatic heterocycles. The van der Waals surface area contributed by atoms with Gasteiger partial charge in [0.15, 0.2) is 0 Å². The minimum Gasteiger partial charge on any atom is -0.444 e. The van der Waals surface area contributed by atoms with Crippen molar-refractivity contribution < 1.29 is 28.3 Å². The largest absolute Gasteiger partial charge is 0.444 e. The number of carbonyl (C=O) groups is 4. The van der Waals surface area contributed by atoms with Gasteiger partial charge in [0.1, 0.15) is 17.5 Å². The molecule has 0 bridgehead atoms. The van der Waals surface area contributed by atoms with Crippen molar-refractivity contribution in [3.8, 4) is 0 Å². The van der Waals surface area contributed by atoms with Gasteiger partial charge in [0, 0.05) is 38.2 Å². The van der Waals surface area contributed by atoms with E-state index in [4.69, 9.17) is 4.74 Å².